The number of rotatable bonds is 4. The number of amides is 2. The number of benzene rings is 3. The number of halogens is 3. The number of fused-ring (bicyclic) bond motifs is 4. The minimum atomic E-state index is -5.04. The van der Waals surface area contributed by atoms with Crippen molar-refractivity contribution in [3.05, 3.63) is 113 Å². The van der Waals surface area contributed by atoms with Gasteiger partial charge in [-0.2, -0.15) is 0 Å². The van der Waals surface area contributed by atoms with Crippen molar-refractivity contribution in [2.75, 3.05) is 0 Å². The van der Waals surface area contributed by atoms with Gasteiger partial charge in [0.15, 0.2) is 11.6 Å². The molecule has 2 amide bonds. The van der Waals surface area contributed by atoms with Crippen LogP contribution in [0.25, 0.3) is 5.57 Å². The smallest absolute Gasteiger partial charge is 0.508 e. The molecule has 7 rings (SSSR count). The highest BCUT2D eigenvalue weighted by Crippen LogP contribution is 2.64. The van der Waals surface area contributed by atoms with E-state index in [9.17, 15) is 37.5 Å². The number of nitrogens with one attached hydrogen (secondary N) is 1. The average Bonchev–Trinajstić information content (AvgIpc) is 3.32. The van der Waals surface area contributed by atoms with Crippen LogP contribution in [0.1, 0.15) is 35.4 Å². The molecule has 45 heavy (non-hydrogen) atoms. The third-order valence-electron chi connectivity index (χ3n) is 9.76. The lowest BCUT2D eigenvalue weighted by molar-refractivity contribution is -0.274. The highest BCUT2D eigenvalue weighted by Gasteiger charge is 2.65. The fraction of sp³-hybridized carbons (Fsp3) is 0.257. The summed E-state index contributed by atoms with van der Waals surface area (Å²) in [6.07, 6.45) is -1.81. The van der Waals surface area contributed by atoms with Gasteiger partial charge in [-0.15, -0.1) is 13.2 Å². The van der Waals surface area contributed by atoms with Gasteiger partial charge in [0, 0.05) is 23.0 Å². The van der Waals surface area contributed by atoms with Gasteiger partial charge in [-0.05, 0) is 54.2 Å². The Morgan fingerprint density at radius 1 is 0.867 bits per heavy atom. The van der Waals surface area contributed by atoms with Crippen molar-refractivity contribution in [2.45, 2.75) is 30.5 Å². The molecular formula is C35H26F3NO6. The first kappa shape index (κ1) is 28.8. The van der Waals surface area contributed by atoms with Gasteiger partial charge in [-0.1, -0.05) is 72.3 Å². The Morgan fingerprint density at radius 3 is 2.24 bits per heavy atom. The Kier molecular flexibility index (Phi) is 6.58. The van der Waals surface area contributed by atoms with Crippen molar-refractivity contribution < 1.29 is 42.2 Å². The predicted octanol–water partition coefficient (Wildman–Crippen LogP) is 5.40. The lowest BCUT2D eigenvalue weighted by Gasteiger charge is -2.55. The van der Waals surface area contributed by atoms with Crippen LogP contribution in [0, 0.1) is 23.7 Å². The summed E-state index contributed by atoms with van der Waals surface area (Å²) < 4.78 is 44.3. The number of phenols is 1. The summed E-state index contributed by atoms with van der Waals surface area (Å²) in [6.45, 7) is 0. The maximum absolute atomic E-state index is 14.8. The molecule has 0 bridgehead atoms. The summed E-state index contributed by atoms with van der Waals surface area (Å²) in [5.41, 5.74) is -0.0909. The van der Waals surface area contributed by atoms with Gasteiger partial charge in [0.1, 0.15) is 11.5 Å². The summed E-state index contributed by atoms with van der Waals surface area (Å²) in [5, 5.41) is 13.7. The summed E-state index contributed by atoms with van der Waals surface area (Å²) in [6, 6.07) is 20.3. The van der Waals surface area contributed by atoms with Crippen LogP contribution in [0.5, 0.6) is 11.5 Å². The number of hydrogen-bond donors (Lipinski definition) is 2. The van der Waals surface area contributed by atoms with E-state index in [1.54, 1.807) is 66.7 Å². The Morgan fingerprint density at radius 2 is 1.56 bits per heavy atom. The molecule has 3 aromatic rings. The molecule has 4 aliphatic rings. The molecule has 10 heteroatoms. The molecule has 0 spiro atoms. The number of carbonyl (C=O) groups is 4. The first-order valence-corrected chi connectivity index (χ1v) is 14.5. The SMILES string of the molecule is O=C1NC(=O)C2C1CC=C1C2CC2C(=O)C(c3ccccc3)=CC(=O)C2(c2ccccc2)C1c1cc(OC(F)(F)F)ccc1O. The molecule has 0 aromatic heterocycles. The van der Waals surface area contributed by atoms with Crippen LogP contribution < -0.4 is 10.1 Å². The molecule has 1 heterocycles. The van der Waals surface area contributed by atoms with Gasteiger partial charge < -0.3 is 9.84 Å². The number of alkyl halides is 3. The molecule has 7 nitrogen and oxygen atoms in total. The molecule has 6 atom stereocenters. The molecular weight excluding hydrogens is 587 g/mol. The Labute approximate surface area is 255 Å². The number of imide groups is 1. The van der Waals surface area contributed by atoms with Gasteiger partial charge in [0.05, 0.1) is 17.3 Å². The van der Waals surface area contributed by atoms with Crippen molar-refractivity contribution in [3.63, 3.8) is 0 Å². The largest absolute Gasteiger partial charge is 0.573 e. The first-order chi connectivity index (χ1) is 21.5. The van der Waals surface area contributed by atoms with Crippen molar-refractivity contribution in [1.82, 2.24) is 5.32 Å². The Hall–Kier alpha value is -4.99. The van der Waals surface area contributed by atoms with E-state index in [0.717, 1.165) is 18.2 Å². The number of Topliss-reactive ketones (excluding diaryl/α,β-unsaturated/α-hetero) is 1. The molecule has 228 valence electrons. The quantitative estimate of drug-likeness (QED) is 0.301. The number of ketones is 2. The van der Waals surface area contributed by atoms with Crippen molar-refractivity contribution in [1.29, 1.82) is 0 Å². The highest BCUT2D eigenvalue weighted by molar-refractivity contribution is 6.31. The van der Waals surface area contributed by atoms with Crippen LogP contribution >= 0.6 is 0 Å². The number of carbonyl (C=O) groups excluding carboxylic acids is 4. The number of phenolic OH excluding ortho intramolecular Hbond substituents is 1. The minimum Gasteiger partial charge on any atom is -0.508 e. The number of ether oxygens (including phenoxy) is 1. The molecule has 0 radical (unpaired) electrons. The average molecular weight is 614 g/mol. The number of hydrogen-bond acceptors (Lipinski definition) is 6. The molecule has 1 saturated carbocycles. The second-order valence-corrected chi connectivity index (χ2v) is 11.9. The Bertz CT molecular complexity index is 1820. The lowest BCUT2D eigenvalue weighted by Crippen LogP contribution is -2.58. The normalized spacial score (nSPS) is 29.2. The standard InChI is InChI=1S/C35H26F3NO6/c36-35(37,38)45-20-11-14-27(40)25(15-20)30-21-12-13-22-29(33(44)39-32(22)43)24(21)16-26-31(42)23(18-7-3-1-4-8-18)17-28(41)34(26,30)19-9-5-2-6-10-19/h1-12,14-15,17,22,24,26,29-30,40H,13,16H2,(H,39,43,44). The van der Waals surface area contributed by atoms with Crippen molar-refractivity contribution in [3.8, 4) is 11.5 Å². The molecule has 1 saturated heterocycles. The van der Waals surface area contributed by atoms with Crippen LogP contribution in [0.2, 0.25) is 0 Å². The fourth-order valence-electron chi connectivity index (χ4n) is 8.09. The van der Waals surface area contributed by atoms with Crippen LogP contribution in [-0.2, 0) is 24.6 Å². The molecule has 1 aliphatic heterocycles. The Balaban J connectivity index is 1.53. The maximum atomic E-state index is 14.8. The zero-order valence-electron chi connectivity index (χ0n) is 23.6. The predicted molar refractivity (Wildman–Crippen MR) is 155 cm³/mol. The van der Waals surface area contributed by atoms with E-state index in [1.165, 1.54) is 6.08 Å². The van der Waals surface area contributed by atoms with Gasteiger partial charge >= 0.3 is 6.36 Å². The zero-order chi connectivity index (χ0) is 31.7. The fourth-order valence-corrected chi connectivity index (χ4v) is 8.09. The highest BCUT2D eigenvalue weighted by atomic mass is 19.4. The summed E-state index contributed by atoms with van der Waals surface area (Å²) >= 11 is 0. The van der Waals surface area contributed by atoms with Crippen LogP contribution in [0.3, 0.4) is 0 Å². The zero-order valence-corrected chi connectivity index (χ0v) is 23.6. The van der Waals surface area contributed by atoms with Gasteiger partial charge in [-0.3, -0.25) is 24.5 Å². The second-order valence-electron chi connectivity index (χ2n) is 11.9. The minimum absolute atomic E-state index is 0.0351. The van der Waals surface area contributed by atoms with Crippen molar-refractivity contribution >= 4 is 29.0 Å². The maximum Gasteiger partial charge on any atom is 0.573 e. The van der Waals surface area contributed by atoms with Crippen LogP contribution in [0.15, 0.2) is 96.6 Å². The van der Waals surface area contributed by atoms with Crippen molar-refractivity contribution in [2.24, 2.45) is 23.7 Å². The number of allylic oxidation sites excluding steroid dienone is 4. The molecule has 6 unspecified atom stereocenters. The van der Waals surface area contributed by atoms with Crippen LogP contribution in [0.4, 0.5) is 13.2 Å². The van der Waals surface area contributed by atoms with Gasteiger partial charge in [0.2, 0.25) is 11.8 Å². The lowest BCUT2D eigenvalue weighted by atomic mass is 9.44. The third-order valence-corrected chi connectivity index (χ3v) is 9.76. The molecule has 3 aliphatic carbocycles. The van der Waals surface area contributed by atoms with Gasteiger partial charge in [0.25, 0.3) is 0 Å². The van der Waals surface area contributed by atoms with E-state index in [2.05, 4.69) is 10.1 Å². The molecule has 3 aromatic carbocycles. The van der Waals surface area contributed by atoms with E-state index in [0.29, 0.717) is 16.7 Å². The molecule has 2 fully saturated rings. The first-order valence-electron chi connectivity index (χ1n) is 14.5. The number of aromatic hydroxyl groups is 1. The second kappa shape index (κ2) is 10.3. The summed E-state index contributed by atoms with van der Waals surface area (Å²) in [4.78, 5) is 55.5. The topological polar surface area (TPSA) is 110 Å². The molecule has 2 N–H and O–H groups in total. The van der Waals surface area contributed by atoms with E-state index in [1.807, 2.05) is 0 Å². The van der Waals surface area contributed by atoms with E-state index in [-0.39, 0.29) is 29.8 Å². The summed E-state index contributed by atoms with van der Waals surface area (Å²) in [7, 11) is 0. The van der Waals surface area contributed by atoms with E-state index in [4.69, 9.17) is 0 Å². The monoisotopic (exact) mass is 613 g/mol. The van der Waals surface area contributed by atoms with E-state index >= 15 is 0 Å². The summed E-state index contributed by atoms with van der Waals surface area (Å²) in [5.74, 6) is -7.30. The van der Waals surface area contributed by atoms with Crippen LogP contribution in [-0.4, -0.2) is 34.8 Å². The van der Waals surface area contributed by atoms with E-state index < -0.39 is 70.5 Å². The van der Waals surface area contributed by atoms with Gasteiger partial charge in [-0.25, -0.2) is 0 Å². The third kappa shape index (κ3) is 4.42.